The van der Waals surface area contributed by atoms with Gasteiger partial charge in [0, 0.05) is 10.7 Å². The smallest absolute Gasteiger partial charge is 0.329 e. The van der Waals surface area contributed by atoms with Gasteiger partial charge in [0.2, 0.25) is 0 Å². The van der Waals surface area contributed by atoms with Crippen molar-refractivity contribution in [3.05, 3.63) is 87.4 Å². The Kier molecular flexibility index (Phi) is 8.29. The fourth-order valence-corrected chi connectivity index (χ4v) is 3.20. The second kappa shape index (κ2) is 11.4. The van der Waals surface area contributed by atoms with Gasteiger partial charge < -0.3 is 14.8 Å². The lowest BCUT2D eigenvalue weighted by Gasteiger charge is -2.13. The number of halogens is 2. The Hall–Kier alpha value is -3.55. The van der Waals surface area contributed by atoms with Crippen LogP contribution in [0.4, 0.5) is 5.69 Å². The van der Waals surface area contributed by atoms with Gasteiger partial charge in [-0.05, 0) is 53.9 Å². The highest BCUT2D eigenvalue weighted by molar-refractivity contribution is 6.39. The van der Waals surface area contributed by atoms with Crippen LogP contribution in [0.15, 0.2) is 65.8 Å². The molecule has 7 nitrogen and oxygen atoms in total. The number of amides is 2. The van der Waals surface area contributed by atoms with Crippen LogP contribution in [0.25, 0.3) is 0 Å². The molecule has 2 amide bonds. The van der Waals surface area contributed by atoms with Crippen LogP contribution in [0.1, 0.15) is 16.7 Å². The van der Waals surface area contributed by atoms with Crippen LogP contribution in [0, 0.1) is 6.92 Å². The van der Waals surface area contributed by atoms with E-state index in [2.05, 4.69) is 15.8 Å². The van der Waals surface area contributed by atoms with Crippen molar-refractivity contribution in [1.29, 1.82) is 0 Å². The summed E-state index contributed by atoms with van der Waals surface area (Å²) in [6.07, 6.45) is 1.34. The summed E-state index contributed by atoms with van der Waals surface area (Å²) >= 11 is 12.3. The molecule has 33 heavy (non-hydrogen) atoms. The Balaban J connectivity index is 1.62. The average Bonchev–Trinajstić information content (AvgIpc) is 2.80. The summed E-state index contributed by atoms with van der Waals surface area (Å²) in [7, 11) is 1.49. The number of anilines is 1. The number of rotatable bonds is 7. The maximum atomic E-state index is 12.1. The number of methoxy groups -OCH3 is 1. The molecule has 170 valence electrons. The second-order valence-corrected chi connectivity index (χ2v) is 7.76. The fraction of sp³-hybridized carbons (Fsp3) is 0.125. The van der Waals surface area contributed by atoms with Gasteiger partial charge in [0.25, 0.3) is 0 Å². The highest BCUT2D eigenvalue weighted by atomic mass is 35.5. The number of hydrazone groups is 1. The number of hydrogen-bond acceptors (Lipinski definition) is 5. The first kappa shape index (κ1) is 24.1. The van der Waals surface area contributed by atoms with E-state index in [0.29, 0.717) is 32.8 Å². The standard InChI is InChI=1S/C24H21Cl2N3O4/c1-15-5-3-4-6-20(15)28-23(30)24(31)29-27-13-17-11-19(26)22(21(12-17)32-2)33-14-16-7-9-18(25)10-8-16/h3-13H,14H2,1-2H3,(H,28,30)(H,29,31)/b27-13-. The first-order chi connectivity index (χ1) is 15.9. The summed E-state index contributed by atoms with van der Waals surface area (Å²) in [4.78, 5) is 24.1. The lowest BCUT2D eigenvalue weighted by Crippen LogP contribution is -2.32. The molecule has 0 heterocycles. The molecule has 0 atom stereocenters. The van der Waals surface area contributed by atoms with Gasteiger partial charge in [-0.15, -0.1) is 0 Å². The molecule has 0 spiro atoms. The van der Waals surface area contributed by atoms with E-state index in [9.17, 15) is 9.59 Å². The number of aryl methyl sites for hydroxylation is 1. The van der Waals surface area contributed by atoms with Crippen LogP contribution in [0.5, 0.6) is 11.5 Å². The van der Waals surface area contributed by atoms with Crippen molar-refractivity contribution in [2.75, 3.05) is 12.4 Å². The molecule has 3 aromatic rings. The van der Waals surface area contributed by atoms with Gasteiger partial charge in [0.05, 0.1) is 18.3 Å². The number of hydrogen-bond donors (Lipinski definition) is 2. The molecule has 0 saturated carbocycles. The van der Waals surface area contributed by atoms with Gasteiger partial charge >= 0.3 is 11.8 Å². The summed E-state index contributed by atoms with van der Waals surface area (Å²) < 4.78 is 11.2. The van der Waals surface area contributed by atoms with E-state index in [0.717, 1.165) is 11.1 Å². The molecule has 3 aromatic carbocycles. The molecule has 0 unspecified atom stereocenters. The van der Waals surface area contributed by atoms with Crippen LogP contribution >= 0.6 is 23.2 Å². The molecule has 0 aliphatic carbocycles. The Bertz CT molecular complexity index is 1180. The van der Waals surface area contributed by atoms with Crippen molar-refractivity contribution in [3.8, 4) is 11.5 Å². The molecule has 0 fully saturated rings. The normalized spacial score (nSPS) is 10.7. The monoisotopic (exact) mass is 485 g/mol. The predicted molar refractivity (Wildman–Crippen MR) is 129 cm³/mol. The first-order valence-electron chi connectivity index (χ1n) is 9.82. The maximum absolute atomic E-state index is 12.1. The molecule has 0 aromatic heterocycles. The molecular weight excluding hydrogens is 465 g/mol. The lowest BCUT2D eigenvalue weighted by molar-refractivity contribution is -0.136. The van der Waals surface area contributed by atoms with Gasteiger partial charge in [-0.3, -0.25) is 9.59 Å². The van der Waals surface area contributed by atoms with Gasteiger partial charge in [0.1, 0.15) is 6.61 Å². The molecule has 3 rings (SSSR count). The summed E-state index contributed by atoms with van der Waals surface area (Å²) in [6, 6.07) is 17.6. The number of ether oxygens (including phenoxy) is 2. The molecule has 2 N–H and O–H groups in total. The van der Waals surface area contributed by atoms with Gasteiger partial charge in [-0.2, -0.15) is 5.10 Å². The number of para-hydroxylation sites is 1. The number of benzene rings is 3. The predicted octanol–water partition coefficient (Wildman–Crippen LogP) is 4.98. The molecule has 0 saturated heterocycles. The Morgan fingerprint density at radius 2 is 1.76 bits per heavy atom. The number of carbonyl (C=O) groups is 2. The number of carbonyl (C=O) groups excluding carboxylic acids is 2. The molecule has 0 aliphatic heterocycles. The topological polar surface area (TPSA) is 89.0 Å². The Labute approximate surface area is 201 Å². The van der Waals surface area contributed by atoms with Crippen LogP contribution in [0.3, 0.4) is 0 Å². The summed E-state index contributed by atoms with van der Waals surface area (Å²) in [5.41, 5.74) is 5.02. The Morgan fingerprint density at radius 1 is 1.03 bits per heavy atom. The maximum Gasteiger partial charge on any atom is 0.329 e. The van der Waals surface area contributed by atoms with E-state index in [-0.39, 0.29) is 6.61 Å². The third-order valence-corrected chi connectivity index (χ3v) is 5.06. The van der Waals surface area contributed by atoms with E-state index < -0.39 is 11.8 Å². The van der Waals surface area contributed by atoms with Gasteiger partial charge in [-0.25, -0.2) is 5.43 Å². The zero-order chi connectivity index (χ0) is 23.8. The van der Waals surface area contributed by atoms with E-state index in [1.165, 1.54) is 13.3 Å². The van der Waals surface area contributed by atoms with Crippen LogP contribution in [0.2, 0.25) is 10.0 Å². The van der Waals surface area contributed by atoms with E-state index in [1.807, 2.05) is 31.2 Å². The summed E-state index contributed by atoms with van der Waals surface area (Å²) in [5, 5.41) is 7.29. The first-order valence-corrected chi connectivity index (χ1v) is 10.6. The summed E-state index contributed by atoms with van der Waals surface area (Å²) in [6.45, 7) is 2.10. The van der Waals surface area contributed by atoms with Crippen molar-refractivity contribution >= 4 is 46.9 Å². The van der Waals surface area contributed by atoms with Crippen molar-refractivity contribution < 1.29 is 19.1 Å². The Morgan fingerprint density at radius 3 is 2.45 bits per heavy atom. The SMILES string of the molecule is COc1cc(/C=N\NC(=O)C(=O)Nc2ccccc2C)cc(Cl)c1OCc1ccc(Cl)cc1. The highest BCUT2D eigenvalue weighted by Crippen LogP contribution is 2.36. The minimum absolute atomic E-state index is 0.271. The van der Waals surface area contributed by atoms with Gasteiger partial charge in [0.15, 0.2) is 11.5 Å². The zero-order valence-corrected chi connectivity index (χ0v) is 19.4. The third kappa shape index (κ3) is 6.71. The van der Waals surface area contributed by atoms with E-state index in [1.54, 1.807) is 36.4 Å². The van der Waals surface area contributed by atoms with Crippen LogP contribution < -0.4 is 20.2 Å². The minimum Gasteiger partial charge on any atom is -0.493 e. The lowest BCUT2D eigenvalue weighted by atomic mass is 10.2. The molecule has 0 radical (unpaired) electrons. The van der Waals surface area contributed by atoms with Crippen LogP contribution in [-0.2, 0) is 16.2 Å². The fourth-order valence-electron chi connectivity index (χ4n) is 2.80. The second-order valence-electron chi connectivity index (χ2n) is 6.92. The van der Waals surface area contributed by atoms with Crippen molar-refractivity contribution in [1.82, 2.24) is 5.43 Å². The average molecular weight is 486 g/mol. The molecular formula is C24H21Cl2N3O4. The zero-order valence-electron chi connectivity index (χ0n) is 17.9. The largest absolute Gasteiger partial charge is 0.493 e. The van der Waals surface area contributed by atoms with Gasteiger partial charge in [-0.1, -0.05) is 53.5 Å². The quantitative estimate of drug-likeness (QED) is 0.280. The van der Waals surface area contributed by atoms with E-state index >= 15 is 0 Å². The molecule has 0 bridgehead atoms. The van der Waals surface area contributed by atoms with Crippen molar-refractivity contribution in [2.24, 2.45) is 5.10 Å². The number of nitrogens with one attached hydrogen (secondary N) is 2. The number of nitrogens with zero attached hydrogens (tertiary/aromatic N) is 1. The van der Waals surface area contributed by atoms with Crippen molar-refractivity contribution in [2.45, 2.75) is 13.5 Å². The molecule has 0 aliphatic rings. The minimum atomic E-state index is -0.907. The summed E-state index contributed by atoms with van der Waals surface area (Å²) in [5.74, 6) is -0.979. The van der Waals surface area contributed by atoms with Crippen LogP contribution in [-0.4, -0.2) is 25.1 Å². The molecule has 9 heteroatoms. The highest BCUT2D eigenvalue weighted by Gasteiger charge is 2.14. The van der Waals surface area contributed by atoms with Crippen molar-refractivity contribution in [3.63, 3.8) is 0 Å². The van der Waals surface area contributed by atoms with E-state index in [4.69, 9.17) is 32.7 Å². The third-order valence-electron chi connectivity index (χ3n) is 4.53.